The van der Waals surface area contributed by atoms with Crippen molar-refractivity contribution in [1.82, 2.24) is 4.98 Å². The van der Waals surface area contributed by atoms with E-state index in [0.29, 0.717) is 6.61 Å². The van der Waals surface area contributed by atoms with Crippen LogP contribution in [0.2, 0.25) is 0 Å². The average molecular weight is 248 g/mol. The standard InChI is InChI=1S/C13H16N2OS/c1-8-6-11(14)4-5-12(8)16-7-13-15-9(2)10(3)17-13/h4-6H,7,14H2,1-3H3. The topological polar surface area (TPSA) is 48.1 Å². The molecule has 0 radical (unpaired) electrons. The Morgan fingerprint density at radius 2 is 2.06 bits per heavy atom. The molecule has 0 amide bonds. The molecule has 1 aromatic heterocycles. The third-order valence-electron chi connectivity index (χ3n) is 2.62. The van der Waals surface area contributed by atoms with Crippen LogP contribution in [0.5, 0.6) is 5.75 Å². The quantitative estimate of drug-likeness (QED) is 0.848. The van der Waals surface area contributed by atoms with Crippen molar-refractivity contribution >= 4 is 17.0 Å². The fraction of sp³-hybridized carbons (Fsp3) is 0.308. The summed E-state index contributed by atoms with van der Waals surface area (Å²) in [4.78, 5) is 5.69. The lowest BCUT2D eigenvalue weighted by atomic mass is 10.2. The van der Waals surface area contributed by atoms with Crippen LogP contribution >= 0.6 is 11.3 Å². The fourth-order valence-corrected chi connectivity index (χ4v) is 2.42. The Hall–Kier alpha value is -1.55. The number of aromatic nitrogens is 1. The van der Waals surface area contributed by atoms with Gasteiger partial charge in [-0.05, 0) is 44.5 Å². The highest BCUT2D eigenvalue weighted by atomic mass is 32.1. The third kappa shape index (κ3) is 2.77. The van der Waals surface area contributed by atoms with Crippen LogP contribution in [0, 0.1) is 20.8 Å². The molecule has 90 valence electrons. The van der Waals surface area contributed by atoms with Crippen molar-refractivity contribution in [3.05, 3.63) is 39.3 Å². The molecule has 0 saturated carbocycles. The molecule has 17 heavy (non-hydrogen) atoms. The maximum absolute atomic E-state index is 5.74. The van der Waals surface area contributed by atoms with Crippen LogP contribution in [0.3, 0.4) is 0 Å². The van der Waals surface area contributed by atoms with Gasteiger partial charge in [-0.15, -0.1) is 11.3 Å². The molecule has 2 N–H and O–H groups in total. The number of ether oxygens (including phenoxy) is 1. The highest BCUT2D eigenvalue weighted by Gasteiger charge is 2.05. The van der Waals surface area contributed by atoms with Crippen LogP contribution in [0.15, 0.2) is 18.2 Å². The van der Waals surface area contributed by atoms with E-state index >= 15 is 0 Å². The van der Waals surface area contributed by atoms with Gasteiger partial charge in [-0.2, -0.15) is 0 Å². The molecule has 2 rings (SSSR count). The van der Waals surface area contributed by atoms with Crippen molar-refractivity contribution in [3.63, 3.8) is 0 Å². The number of hydrogen-bond donors (Lipinski definition) is 1. The predicted molar refractivity (Wildman–Crippen MR) is 71.5 cm³/mol. The minimum Gasteiger partial charge on any atom is -0.486 e. The predicted octanol–water partition coefficient (Wildman–Crippen LogP) is 3.23. The van der Waals surface area contributed by atoms with Crippen molar-refractivity contribution < 1.29 is 4.74 Å². The van der Waals surface area contributed by atoms with Crippen LogP contribution in [-0.2, 0) is 6.61 Å². The Balaban J connectivity index is 2.07. The summed E-state index contributed by atoms with van der Waals surface area (Å²) in [6.07, 6.45) is 0. The van der Waals surface area contributed by atoms with Gasteiger partial charge in [-0.3, -0.25) is 0 Å². The number of rotatable bonds is 3. The van der Waals surface area contributed by atoms with E-state index in [-0.39, 0.29) is 0 Å². The first kappa shape index (κ1) is 11.9. The number of benzene rings is 1. The summed E-state index contributed by atoms with van der Waals surface area (Å²) in [5.74, 6) is 0.865. The van der Waals surface area contributed by atoms with Crippen LogP contribution in [0.4, 0.5) is 5.69 Å². The van der Waals surface area contributed by atoms with E-state index in [2.05, 4.69) is 11.9 Å². The lowest BCUT2D eigenvalue weighted by molar-refractivity contribution is 0.303. The summed E-state index contributed by atoms with van der Waals surface area (Å²) in [6, 6.07) is 5.66. The number of nitrogens with zero attached hydrogens (tertiary/aromatic N) is 1. The smallest absolute Gasteiger partial charge is 0.140 e. The fourth-order valence-electron chi connectivity index (χ4n) is 1.57. The zero-order valence-corrected chi connectivity index (χ0v) is 11.1. The number of anilines is 1. The largest absolute Gasteiger partial charge is 0.486 e. The first-order chi connectivity index (χ1) is 8.06. The lowest BCUT2D eigenvalue weighted by Crippen LogP contribution is -1.97. The zero-order valence-electron chi connectivity index (χ0n) is 10.3. The highest BCUT2D eigenvalue weighted by Crippen LogP contribution is 2.23. The van der Waals surface area contributed by atoms with Gasteiger partial charge in [0.25, 0.3) is 0 Å². The Labute approximate surface area is 105 Å². The summed E-state index contributed by atoms with van der Waals surface area (Å²) in [5, 5.41) is 1.01. The van der Waals surface area contributed by atoms with Crippen LogP contribution in [0.25, 0.3) is 0 Å². The molecular weight excluding hydrogens is 232 g/mol. The maximum Gasteiger partial charge on any atom is 0.140 e. The number of nitrogen functional groups attached to an aromatic ring is 1. The van der Waals surface area contributed by atoms with Crippen LogP contribution in [0.1, 0.15) is 21.1 Å². The Morgan fingerprint density at radius 1 is 1.29 bits per heavy atom. The maximum atomic E-state index is 5.74. The minimum atomic E-state index is 0.518. The summed E-state index contributed by atoms with van der Waals surface area (Å²) in [6.45, 7) is 6.60. The second-order valence-electron chi connectivity index (χ2n) is 4.06. The van der Waals surface area contributed by atoms with Crippen molar-refractivity contribution in [3.8, 4) is 5.75 Å². The van der Waals surface area contributed by atoms with E-state index in [1.165, 1.54) is 4.88 Å². The zero-order chi connectivity index (χ0) is 12.4. The van der Waals surface area contributed by atoms with Gasteiger partial charge < -0.3 is 10.5 Å². The average Bonchev–Trinajstić information content (AvgIpc) is 2.57. The molecule has 3 nitrogen and oxygen atoms in total. The van der Waals surface area contributed by atoms with E-state index < -0.39 is 0 Å². The molecule has 4 heteroatoms. The van der Waals surface area contributed by atoms with Gasteiger partial charge in [0.2, 0.25) is 0 Å². The van der Waals surface area contributed by atoms with Crippen molar-refractivity contribution in [2.45, 2.75) is 27.4 Å². The molecule has 0 aliphatic heterocycles. The van der Waals surface area contributed by atoms with E-state index in [1.54, 1.807) is 11.3 Å². The first-order valence-corrected chi connectivity index (χ1v) is 6.30. The van der Waals surface area contributed by atoms with Crippen LogP contribution < -0.4 is 10.5 Å². The van der Waals surface area contributed by atoms with Crippen molar-refractivity contribution in [2.24, 2.45) is 0 Å². The van der Waals surface area contributed by atoms with Gasteiger partial charge >= 0.3 is 0 Å². The molecule has 0 bridgehead atoms. The molecule has 0 spiro atoms. The summed E-state index contributed by atoms with van der Waals surface area (Å²) in [7, 11) is 0. The van der Waals surface area contributed by atoms with Crippen LogP contribution in [-0.4, -0.2) is 4.98 Å². The second-order valence-corrected chi connectivity index (χ2v) is 5.35. The molecule has 1 aromatic carbocycles. The number of thiazole rings is 1. The number of aryl methyl sites for hydroxylation is 3. The molecule has 0 atom stereocenters. The van der Waals surface area contributed by atoms with Gasteiger partial charge in [0.15, 0.2) is 0 Å². The molecule has 0 saturated heterocycles. The summed E-state index contributed by atoms with van der Waals surface area (Å²) >= 11 is 1.68. The lowest BCUT2D eigenvalue weighted by Gasteiger charge is -2.07. The van der Waals surface area contributed by atoms with Gasteiger partial charge in [-0.1, -0.05) is 0 Å². The molecule has 0 aliphatic rings. The Bertz CT molecular complexity index is 515. The SMILES string of the molecule is Cc1cc(N)ccc1OCc1nc(C)c(C)s1. The Morgan fingerprint density at radius 3 is 2.65 bits per heavy atom. The number of nitrogens with two attached hydrogens (primary N) is 1. The van der Waals surface area contributed by atoms with E-state index in [4.69, 9.17) is 10.5 Å². The van der Waals surface area contributed by atoms with E-state index in [0.717, 1.165) is 27.7 Å². The number of hydrogen-bond acceptors (Lipinski definition) is 4. The summed E-state index contributed by atoms with van der Waals surface area (Å²) < 4.78 is 5.74. The van der Waals surface area contributed by atoms with Gasteiger partial charge in [0.05, 0.1) is 5.69 Å². The Kier molecular flexibility index (Phi) is 3.33. The molecular formula is C13H16N2OS. The third-order valence-corrected chi connectivity index (χ3v) is 3.67. The van der Waals surface area contributed by atoms with Gasteiger partial charge in [-0.25, -0.2) is 4.98 Å². The monoisotopic (exact) mass is 248 g/mol. The van der Waals surface area contributed by atoms with Crippen molar-refractivity contribution in [2.75, 3.05) is 5.73 Å². The van der Waals surface area contributed by atoms with Gasteiger partial charge in [0.1, 0.15) is 17.4 Å². The van der Waals surface area contributed by atoms with Crippen molar-refractivity contribution in [1.29, 1.82) is 0 Å². The second kappa shape index (κ2) is 4.75. The molecule has 0 aliphatic carbocycles. The highest BCUT2D eigenvalue weighted by molar-refractivity contribution is 7.11. The van der Waals surface area contributed by atoms with Gasteiger partial charge in [0, 0.05) is 10.6 Å². The minimum absolute atomic E-state index is 0.518. The summed E-state index contributed by atoms with van der Waals surface area (Å²) in [5.41, 5.74) is 8.59. The van der Waals surface area contributed by atoms with E-state index in [1.807, 2.05) is 32.0 Å². The molecule has 1 heterocycles. The first-order valence-electron chi connectivity index (χ1n) is 5.48. The molecule has 2 aromatic rings. The van der Waals surface area contributed by atoms with E-state index in [9.17, 15) is 0 Å². The molecule has 0 fully saturated rings. The normalized spacial score (nSPS) is 10.5. The molecule has 0 unspecified atom stereocenters.